The van der Waals surface area contributed by atoms with Gasteiger partial charge >= 0.3 is 12.4 Å². The van der Waals surface area contributed by atoms with Crippen LogP contribution in [0.3, 0.4) is 0 Å². The summed E-state index contributed by atoms with van der Waals surface area (Å²) in [4.78, 5) is 0. The highest BCUT2D eigenvalue weighted by molar-refractivity contribution is 4.91. The zero-order chi connectivity index (χ0) is 12.4. The number of ether oxygens (including phenoxy) is 1. The van der Waals surface area contributed by atoms with E-state index in [2.05, 4.69) is 17.0 Å². The van der Waals surface area contributed by atoms with Crippen LogP contribution in [-0.4, -0.2) is 29.9 Å². The third kappa shape index (κ3) is 4.38. The fourth-order valence-corrected chi connectivity index (χ4v) is 0.556. The summed E-state index contributed by atoms with van der Waals surface area (Å²) in [5, 5.41) is 8.58. The molecule has 0 spiro atoms. The maximum absolute atomic E-state index is 11.8. The number of halogens is 6. The molecule has 0 aliphatic carbocycles. The quantitative estimate of drug-likeness (QED) is 0.576. The van der Waals surface area contributed by atoms with E-state index in [0.29, 0.717) is 0 Å². The zero-order valence-corrected chi connectivity index (χ0v) is 7.06. The molecule has 0 heterocycles. The van der Waals surface area contributed by atoms with Crippen molar-refractivity contribution in [2.45, 2.75) is 24.7 Å². The summed E-state index contributed by atoms with van der Waals surface area (Å²) in [5.74, 6) is 0. The van der Waals surface area contributed by atoms with Crippen molar-refractivity contribution in [2.24, 2.45) is 5.73 Å². The van der Waals surface area contributed by atoms with E-state index < -0.39 is 30.4 Å². The van der Waals surface area contributed by atoms with Gasteiger partial charge in [-0.3, -0.25) is 0 Å². The molecule has 90 valence electrons. The summed E-state index contributed by atoms with van der Waals surface area (Å²) in [6, 6.07) is 0. The van der Waals surface area contributed by atoms with E-state index in [1.807, 2.05) is 0 Å². The van der Waals surface area contributed by atoms with Crippen LogP contribution in [0.1, 0.15) is 0 Å². The van der Waals surface area contributed by atoms with Crippen LogP contribution in [0.15, 0.2) is 12.3 Å². The molecule has 1 atom stereocenters. The summed E-state index contributed by atoms with van der Waals surface area (Å²) in [5.41, 5.74) is 3.81. The molecule has 0 aromatic rings. The van der Waals surface area contributed by atoms with E-state index in [1.54, 1.807) is 0 Å². The second-order valence-electron chi connectivity index (χ2n) is 2.53. The maximum Gasteiger partial charge on any atom is 0.423 e. The van der Waals surface area contributed by atoms with Gasteiger partial charge in [-0.05, 0) is 0 Å². The van der Waals surface area contributed by atoms with Crippen LogP contribution in [0.25, 0.3) is 0 Å². The molecule has 0 fully saturated rings. The third-order valence-corrected chi connectivity index (χ3v) is 1.18. The summed E-state index contributed by atoms with van der Waals surface area (Å²) < 4.78 is 74.2. The highest BCUT2D eigenvalue weighted by Gasteiger charge is 2.58. The predicted molar refractivity (Wildman–Crippen MR) is 36.3 cm³/mol. The first-order valence-electron chi connectivity index (χ1n) is 3.37. The number of nitrogens with two attached hydrogens (primary N) is 1. The fraction of sp³-hybridized carbons (Fsp3) is 0.667. The van der Waals surface area contributed by atoms with Crippen LogP contribution in [0, 0.1) is 0 Å². The van der Waals surface area contributed by atoms with Crippen molar-refractivity contribution >= 4 is 0 Å². The Hall–Kier alpha value is -0.960. The minimum atomic E-state index is -5.69. The van der Waals surface area contributed by atoms with Crippen LogP contribution in [0.5, 0.6) is 0 Å². The van der Waals surface area contributed by atoms with E-state index >= 15 is 0 Å². The Kier molecular flexibility index (Phi) is 4.00. The lowest BCUT2D eigenvalue weighted by molar-refractivity contribution is -0.343. The molecular formula is C6H7F6NO2. The first-order chi connectivity index (χ1) is 6.46. The first-order valence-corrected chi connectivity index (χ1v) is 3.37. The minimum absolute atomic E-state index is 0.853. The number of hydrogen-bond acceptors (Lipinski definition) is 3. The summed E-state index contributed by atoms with van der Waals surface area (Å²) in [6.07, 6.45) is -18.0. The van der Waals surface area contributed by atoms with Gasteiger partial charge in [0.25, 0.3) is 6.10 Å². The second-order valence-corrected chi connectivity index (χ2v) is 2.53. The van der Waals surface area contributed by atoms with Gasteiger partial charge in [0.05, 0.1) is 5.70 Å². The van der Waals surface area contributed by atoms with Crippen LogP contribution in [0.4, 0.5) is 26.3 Å². The molecule has 9 heteroatoms. The third-order valence-electron chi connectivity index (χ3n) is 1.18. The van der Waals surface area contributed by atoms with Gasteiger partial charge in [0.15, 0.2) is 6.29 Å². The molecule has 0 rings (SSSR count). The van der Waals surface area contributed by atoms with Gasteiger partial charge in [-0.15, -0.1) is 0 Å². The Labute approximate surface area is 80.1 Å². The second kappa shape index (κ2) is 4.27. The molecule has 0 aliphatic heterocycles. The largest absolute Gasteiger partial charge is 0.423 e. The van der Waals surface area contributed by atoms with E-state index in [9.17, 15) is 26.3 Å². The summed E-state index contributed by atoms with van der Waals surface area (Å²) in [7, 11) is 0. The van der Waals surface area contributed by atoms with Gasteiger partial charge in [0.1, 0.15) is 0 Å². The molecule has 0 saturated heterocycles. The van der Waals surface area contributed by atoms with Gasteiger partial charge in [0, 0.05) is 0 Å². The number of alkyl halides is 6. The van der Waals surface area contributed by atoms with Gasteiger partial charge in [-0.25, -0.2) is 0 Å². The van der Waals surface area contributed by atoms with Gasteiger partial charge < -0.3 is 15.6 Å². The van der Waals surface area contributed by atoms with E-state index in [0.717, 1.165) is 0 Å². The smallest absolute Gasteiger partial charge is 0.398 e. The lowest BCUT2D eigenvalue weighted by atomic mass is 10.3. The zero-order valence-electron chi connectivity index (χ0n) is 7.06. The Morgan fingerprint density at radius 3 is 1.67 bits per heavy atom. The number of hydrogen-bond donors (Lipinski definition) is 2. The maximum atomic E-state index is 11.8. The summed E-state index contributed by atoms with van der Waals surface area (Å²) >= 11 is 0. The first kappa shape index (κ1) is 14.0. The average Bonchev–Trinajstić information content (AvgIpc) is 1.94. The van der Waals surface area contributed by atoms with Crippen LogP contribution in [0.2, 0.25) is 0 Å². The highest BCUT2D eigenvalue weighted by Crippen LogP contribution is 2.36. The van der Waals surface area contributed by atoms with Crippen molar-refractivity contribution in [1.29, 1.82) is 0 Å². The van der Waals surface area contributed by atoms with Crippen LogP contribution >= 0.6 is 0 Å². The van der Waals surface area contributed by atoms with Gasteiger partial charge in [-0.1, -0.05) is 6.58 Å². The van der Waals surface area contributed by atoms with Crippen molar-refractivity contribution in [3.63, 3.8) is 0 Å². The monoisotopic (exact) mass is 239 g/mol. The van der Waals surface area contributed by atoms with Crippen LogP contribution in [-0.2, 0) is 4.74 Å². The molecule has 3 nitrogen and oxygen atoms in total. The standard InChI is InChI=1S/C6H7F6NO2/c1-2(13)3(14)15-4(5(7,8)9)6(10,11)12/h3-4,14H,1,13H2. The van der Waals surface area contributed by atoms with Crippen molar-refractivity contribution in [1.82, 2.24) is 0 Å². The molecule has 0 amide bonds. The minimum Gasteiger partial charge on any atom is -0.398 e. The number of aliphatic hydroxyl groups excluding tert-OH is 1. The molecule has 3 N–H and O–H groups in total. The molecule has 0 saturated carbocycles. The molecule has 0 aliphatic rings. The molecule has 0 radical (unpaired) electrons. The van der Waals surface area contributed by atoms with Crippen molar-refractivity contribution in [3.05, 3.63) is 12.3 Å². The van der Waals surface area contributed by atoms with E-state index in [1.165, 1.54) is 0 Å². The van der Waals surface area contributed by atoms with Crippen molar-refractivity contribution in [2.75, 3.05) is 0 Å². The molecule has 0 aromatic heterocycles. The Morgan fingerprint density at radius 2 is 1.47 bits per heavy atom. The molecule has 0 bridgehead atoms. The van der Waals surface area contributed by atoms with Crippen molar-refractivity contribution < 1.29 is 36.2 Å². The lowest BCUT2D eigenvalue weighted by Crippen LogP contribution is -2.47. The van der Waals surface area contributed by atoms with Crippen molar-refractivity contribution in [3.8, 4) is 0 Å². The van der Waals surface area contributed by atoms with Gasteiger partial charge in [0.2, 0.25) is 0 Å². The topological polar surface area (TPSA) is 55.5 Å². The molecule has 1 unspecified atom stereocenters. The number of aliphatic hydroxyl groups is 1. The van der Waals surface area contributed by atoms with Gasteiger partial charge in [-0.2, -0.15) is 26.3 Å². The van der Waals surface area contributed by atoms with E-state index in [4.69, 9.17) is 5.11 Å². The van der Waals surface area contributed by atoms with E-state index in [-0.39, 0.29) is 0 Å². The predicted octanol–water partition coefficient (Wildman–Crippen LogP) is 1.29. The SMILES string of the molecule is C=C(N)C(O)OC(C(F)(F)F)C(F)(F)F. The molecular weight excluding hydrogens is 232 g/mol. The fourth-order valence-electron chi connectivity index (χ4n) is 0.556. The molecule has 15 heavy (non-hydrogen) atoms. The normalized spacial score (nSPS) is 15.5. The van der Waals surface area contributed by atoms with Crippen LogP contribution < -0.4 is 5.73 Å². The Morgan fingerprint density at radius 1 is 1.13 bits per heavy atom. The Bertz CT molecular complexity index is 221. The summed E-state index contributed by atoms with van der Waals surface area (Å²) in [6.45, 7) is 2.74. The molecule has 0 aromatic carbocycles. The highest BCUT2D eigenvalue weighted by atomic mass is 19.4. The Balaban J connectivity index is 4.77. The lowest BCUT2D eigenvalue weighted by Gasteiger charge is -2.25. The number of rotatable bonds is 3. The average molecular weight is 239 g/mol.